The van der Waals surface area contributed by atoms with Crippen molar-refractivity contribution in [3.8, 4) is 11.3 Å². The maximum absolute atomic E-state index is 12.3. The highest BCUT2D eigenvalue weighted by Gasteiger charge is 2.36. The lowest BCUT2D eigenvalue weighted by Crippen LogP contribution is -2.42. The van der Waals surface area contributed by atoms with Gasteiger partial charge in [0.05, 0.1) is 12.4 Å². The summed E-state index contributed by atoms with van der Waals surface area (Å²) in [5, 5.41) is 19.2. The Labute approximate surface area is 139 Å². The van der Waals surface area contributed by atoms with Crippen LogP contribution in [0.1, 0.15) is 5.01 Å². The van der Waals surface area contributed by atoms with Gasteiger partial charge in [-0.2, -0.15) is 16.3 Å². The quantitative estimate of drug-likeness (QED) is 0.921. The number of thiophene rings is 1. The number of ether oxygens (including phenoxy) is 1. The van der Waals surface area contributed by atoms with E-state index in [0.29, 0.717) is 12.5 Å². The smallest absolute Gasteiger partial charge is 0.351 e. The van der Waals surface area contributed by atoms with E-state index in [1.165, 1.54) is 28.4 Å². The second-order valence-electron chi connectivity index (χ2n) is 4.80. The fourth-order valence-electron chi connectivity index (χ4n) is 2.29. The molecule has 2 amide bonds. The third-order valence-corrected chi connectivity index (χ3v) is 4.92. The Morgan fingerprint density at radius 2 is 2.35 bits per heavy atom. The molecule has 0 radical (unpaired) electrons. The van der Waals surface area contributed by atoms with Crippen molar-refractivity contribution in [2.45, 2.75) is 0 Å². The van der Waals surface area contributed by atoms with Crippen molar-refractivity contribution in [3.63, 3.8) is 0 Å². The lowest BCUT2D eigenvalue weighted by atomic mass is 10.3. The summed E-state index contributed by atoms with van der Waals surface area (Å²) >= 11 is 3.14. The van der Waals surface area contributed by atoms with Crippen molar-refractivity contribution in [1.29, 1.82) is 0 Å². The number of carbonyl (C=O) groups excluding carboxylic acids is 1. The number of thiazole rings is 1. The molecule has 4 rings (SSSR count). The molecule has 4 heterocycles. The molecule has 0 aliphatic carbocycles. The minimum Gasteiger partial charge on any atom is -0.362 e. The Bertz CT molecular complexity index is 797. The first-order valence-corrected chi connectivity index (χ1v) is 8.56. The first-order chi connectivity index (χ1) is 11.3. The average Bonchev–Trinajstić information content (AvgIpc) is 3.29. The average molecular weight is 348 g/mol. The molecule has 0 aromatic carbocycles. The number of methoxy groups -OCH3 is 1. The van der Waals surface area contributed by atoms with Crippen LogP contribution in [0.25, 0.3) is 17.0 Å². The van der Waals surface area contributed by atoms with Gasteiger partial charge in [-0.1, -0.05) is 5.22 Å². The van der Waals surface area contributed by atoms with E-state index >= 15 is 0 Å². The van der Waals surface area contributed by atoms with Crippen LogP contribution in [0.5, 0.6) is 0 Å². The molecule has 118 valence electrons. The SMILES string of the molecule is COCN1N=NC2=C(c3nc(-c4ccsc4)cs3)NCN2C1=O. The third-order valence-electron chi connectivity index (χ3n) is 3.38. The van der Waals surface area contributed by atoms with E-state index in [9.17, 15) is 4.79 Å². The summed E-state index contributed by atoms with van der Waals surface area (Å²) < 4.78 is 4.94. The van der Waals surface area contributed by atoms with E-state index in [4.69, 9.17) is 4.74 Å². The number of hydrogen-bond acceptors (Lipinski definition) is 8. The van der Waals surface area contributed by atoms with Crippen LogP contribution >= 0.6 is 22.7 Å². The molecule has 2 aliphatic rings. The number of rotatable bonds is 4. The maximum atomic E-state index is 12.3. The van der Waals surface area contributed by atoms with E-state index in [2.05, 4.69) is 26.0 Å². The molecular weight excluding hydrogens is 336 g/mol. The summed E-state index contributed by atoms with van der Waals surface area (Å²) in [4.78, 5) is 18.4. The van der Waals surface area contributed by atoms with E-state index in [0.717, 1.165) is 22.0 Å². The van der Waals surface area contributed by atoms with Crippen molar-refractivity contribution in [1.82, 2.24) is 20.2 Å². The minimum absolute atomic E-state index is 0.0704. The zero-order valence-electron chi connectivity index (χ0n) is 12.1. The summed E-state index contributed by atoms with van der Waals surface area (Å²) in [6.45, 7) is 0.414. The molecule has 2 aromatic heterocycles. The van der Waals surface area contributed by atoms with Crippen molar-refractivity contribution in [2.24, 2.45) is 10.3 Å². The monoisotopic (exact) mass is 348 g/mol. The van der Waals surface area contributed by atoms with Crippen molar-refractivity contribution in [2.75, 3.05) is 20.5 Å². The number of amides is 2. The second kappa shape index (κ2) is 5.72. The summed E-state index contributed by atoms with van der Waals surface area (Å²) in [7, 11) is 1.50. The second-order valence-corrected chi connectivity index (χ2v) is 6.44. The van der Waals surface area contributed by atoms with Gasteiger partial charge in [-0.3, -0.25) is 4.90 Å². The van der Waals surface area contributed by atoms with E-state index in [1.807, 2.05) is 16.8 Å². The molecule has 0 bridgehead atoms. The molecule has 2 aliphatic heterocycles. The zero-order chi connectivity index (χ0) is 15.8. The number of nitrogens with one attached hydrogen (secondary N) is 1. The molecule has 1 N–H and O–H groups in total. The van der Waals surface area contributed by atoms with Gasteiger partial charge in [0.2, 0.25) is 0 Å². The molecule has 0 saturated carbocycles. The third kappa shape index (κ3) is 2.40. The first kappa shape index (κ1) is 14.3. The van der Waals surface area contributed by atoms with Gasteiger partial charge in [-0.25, -0.2) is 9.78 Å². The van der Waals surface area contributed by atoms with E-state index in [1.54, 1.807) is 11.3 Å². The van der Waals surface area contributed by atoms with Gasteiger partial charge in [-0.05, 0) is 11.4 Å². The van der Waals surface area contributed by atoms with E-state index < -0.39 is 0 Å². The Hall–Kier alpha value is -2.30. The lowest BCUT2D eigenvalue weighted by molar-refractivity contribution is 0.0599. The van der Waals surface area contributed by atoms with Crippen LogP contribution in [-0.4, -0.2) is 41.4 Å². The number of aromatic nitrogens is 1. The van der Waals surface area contributed by atoms with Crippen molar-refractivity contribution in [3.05, 3.63) is 33.0 Å². The molecule has 2 aromatic rings. The Balaban J connectivity index is 1.67. The molecular formula is C13H12N6O2S2. The van der Waals surface area contributed by atoms with Gasteiger partial charge in [-0.15, -0.1) is 16.5 Å². The van der Waals surface area contributed by atoms with Gasteiger partial charge >= 0.3 is 6.03 Å². The highest BCUT2D eigenvalue weighted by atomic mass is 32.1. The van der Waals surface area contributed by atoms with Crippen LogP contribution in [0.4, 0.5) is 4.79 Å². The Kier molecular flexibility index (Phi) is 3.56. The van der Waals surface area contributed by atoms with Crippen molar-refractivity contribution < 1.29 is 9.53 Å². The zero-order valence-corrected chi connectivity index (χ0v) is 13.7. The largest absolute Gasteiger partial charge is 0.362 e. The van der Waals surface area contributed by atoms with Gasteiger partial charge in [0.15, 0.2) is 5.82 Å². The van der Waals surface area contributed by atoms with Gasteiger partial charge in [0.25, 0.3) is 0 Å². The summed E-state index contributed by atoms with van der Waals surface area (Å²) in [6, 6.07) is 1.76. The molecule has 23 heavy (non-hydrogen) atoms. The van der Waals surface area contributed by atoms with Gasteiger partial charge in [0, 0.05) is 23.4 Å². The van der Waals surface area contributed by atoms with Crippen LogP contribution in [0, 0.1) is 0 Å². The van der Waals surface area contributed by atoms with Gasteiger partial charge in [0.1, 0.15) is 17.4 Å². The normalized spacial score (nSPS) is 17.0. The highest BCUT2D eigenvalue weighted by Crippen LogP contribution is 2.33. The van der Waals surface area contributed by atoms with E-state index in [-0.39, 0.29) is 12.8 Å². The number of nitrogens with zero attached hydrogens (tertiary/aromatic N) is 5. The number of carbonyl (C=O) groups is 1. The lowest BCUT2D eigenvalue weighted by Gasteiger charge is -2.25. The molecule has 8 nitrogen and oxygen atoms in total. The Morgan fingerprint density at radius 3 is 3.13 bits per heavy atom. The fraction of sp³-hybridized carbons (Fsp3) is 0.231. The number of urea groups is 1. The molecule has 0 fully saturated rings. The molecule has 0 saturated heterocycles. The van der Waals surface area contributed by atoms with Crippen LogP contribution in [-0.2, 0) is 4.74 Å². The summed E-state index contributed by atoms with van der Waals surface area (Å²) in [5.74, 6) is 0.494. The summed E-state index contributed by atoms with van der Waals surface area (Å²) in [5.41, 5.74) is 2.73. The predicted molar refractivity (Wildman–Crippen MR) is 86.2 cm³/mol. The molecule has 0 unspecified atom stereocenters. The number of hydrogen-bond donors (Lipinski definition) is 1. The standard InChI is InChI=1S/C13H12N6O2S2/c1-21-7-19-13(20)18-6-14-10(11(18)16-17-19)12-15-9(5-23-12)8-2-3-22-4-8/h2-5,14H,6-7H2,1H3. The fourth-order valence-corrected chi connectivity index (χ4v) is 3.78. The maximum Gasteiger partial charge on any atom is 0.351 e. The Morgan fingerprint density at radius 1 is 1.43 bits per heavy atom. The van der Waals surface area contributed by atoms with Crippen LogP contribution < -0.4 is 5.32 Å². The predicted octanol–water partition coefficient (Wildman–Crippen LogP) is 2.77. The number of fused-ring (bicyclic) bond motifs is 1. The first-order valence-electron chi connectivity index (χ1n) is 6.74. The van der Waals surface area contributed by atoms with Crippen LogP contribution in [0.3, 0.4) is 0 Å². The van der Waals surface area contributed by atoms with Crippen LogP contribution in [0.2, 0.25) is 0 Å². The van der Waals surface area contributed by atoms with Gasteiger partial charge < -0.3 is 10.1 Å². The molecule has 0 atom stereocenters. The molecule has 0 spiro atoms. The van der Waals surface area contributed by atoms with Crippen molar-refractivity contribution >= 4 is 34.4 Å². The summed E-state index contributed by atoms with van der Waals surface area (Å²) in [6.07, 6.45) is 0. The minimum atomic E-state index is -0.269. The highest BCUT2D eigenvalue weighted by molar-refractivity contribution is 7.11. The van der Waals surface area contributed by atoms with Crippen LogP contribution in [0.15, 0.2) is 38.4 Å². The molecule has 10 heteroatoms. The topological polar surface area (TPSA) is 82.4 Å².